The van der Waals surface area contributed by atoms with Gasteiger partial charge in [0, 0.05) is 19.7 Å². The van der Waals surface area contributed by atoms with Crippen molar-refractivity contribution in [2.45, 2.75) is 26.7 Å². The number of hydrogen-bond donors (Lipinski definition) is 0. The number of benzene rings is 2. The van der Waals surface area contributed by atoms with E-state index >= 15 is 0 Å². The lowest BCUT2D eigenvalue weighted by atomic mass is 10.0. The molecule has 0 aliphatic rings. The van der Waals surface area contributed by atoms with Crippen LogP contribution in [0.4, 0.5) is 0 Å². The van der Waals surface area contributed by atoms with Crippen LogP contribution in [-0.4, -0.2) is 32.4 Å². The minimum Gasteiger partial charge on any atom is -0.465 e. The molecule has 0 amide bonds. The van der Waals surface area contributed by atoms with Gasteiger partial charge in [0.2, 0.25) is 0 Å². The normalized spacial score (nSPS) is 10.6. The first-order valence-corrected chi connectivity index (χ1v) is 11.9. The molecular weight excluding hydrogens is 572 g/mol. The van der Waals surface area contributed by atoms with Gasteiger partial charge in [-0.3, -0.25) is 4.79 Å². The summed E-state index contributed by atoms with van der Waals surface area (Å²) >= 11 is 6.84. The lowest BCUT2D eigenvalue weighted by molar-refractivity contribution is 0.0592. The Kier molecular flexibility index (Phi) is 8.33. The number of methoxy groups -OCH3 is 2. The average Bonchev–Trinajstić information content (AvgIpc) is 3.47. The second kappa shape index (κ2) is 11.0. The van der Waals surface area contributed by atoms with Crippen molar-refractivity contribution < 1.29 is 32.7 Å². The molecule has 7 nitrogen and oxygen atoms in total. The summed E-state index contributed by atoms with van der Waals surface area (Å²) in [6.07, 6.45) is 3.61. The highest BCUT2D eigenvalue weighted by Crippen LogP contribution is 2.33. The van der Waals surface area contributed by atoms with Crippen LogP contribution in [0.5, 0.6) is 0 Å². The number of carbonyl (C=O) groups is 3. The van der Waals surface area contributed by atoms with Crippen LogP contribution >= 0.6 is 31.9 Å². The Morgan fingerprint density at radius 1 is 0.882 bits per heavy atom. The van der Waals surface area contributed by atoms with Crippen molar-refractivity contribution in [1.29, 1.82) is 0 Å². The first-order valence-electron chi connectivity index (χ1n) is 10.4. The molecule has 0 saturated heterocycles. The van der Waals surface area contributed by atoms with E-state index < -0.39 is 5.97 Å². The zero-order valence-corrected chi connectivity index (χ0v) is 22.2. The summed E-state index contributed by atoms with van der Waals surface area (Å²) < 4.78 is 21.9. The monoisotopic (exact) mass is 592 g/mol. The maximum Gasteiger partial charge on any atom is 0.338 e. The second-order valence-electron chi connectivity index (χ2n) is 7.12. The fraction of sp³-hybridized carbons (Fsp3) is 0.240. The zero-order chi connectivity index (χ0) is 25.0. The molecule has 9 heteroatoms. The molecule has 0 spiro atoms. The highest BCUT2D eigenvalue weighted by molar-refractivity contribution is 9.10. The van der Waals surface area contributed by atoms with Gasteiger partial charge < -0.3 is 18.3 Å². The summed E-state index contributed by atoms with van der Waals surface area (Å²) in [5, 5.41) is 1.40. The van der Waals surface area contributed by atoms with E-state index in [4.69, 9.17) is 18.3 Å². The SMILES string of the molecule is CCc1c(Br)cc2oc(C=O)cc2c1C(=O)OC.CCc1c(Br)cc2occc2c1C(=O)OC. The Morgan fingerprint density at radius 3 is 1.91 bits per heavy atom. The minimum atomic E-state index is -0.434. The Labute approximate surface area is 212 Å². The van der Waals surface area contributed by atoms with Crippen molar-refractivity contribution in [2.24, 2.45) is 0 Å². The number of hydrogen-bond acceptors (Lipinski definition) is 7. The van der Waals surface area contributed by atoms with Crippen molar-refractivity contribution in [3.05, 3.63) is 67.5 Å². The van der Waals surface area contributed by atoms with E-state index in [9.17, 15) is 14.4 Å². The molecule has 0 aliphatic carbocycles. The summed E-state index contributed by atoms with van der Waals surface area (Å²) in [7, 11) is 2.71. The molecule has 2 heterocycles. The number of rotatable bonds is 5. The van der Waals surface area contributed by atoms with E-state index in [-0.39, 0.29) is 11.7 Å². The van der Waals surface area contributed by atoms with E-state index in [0.717, 1.165) is 31.9 Å². The molecule has 0 aliphatic heterocycles. The number of halogens is 2. The smallest absolute Gasteiger partial charge is 0.338 e. The molecule has 2 aromatic carbocycles. The van der Waals surface area contributed by atoms with E-state index in [1.54, 1.807) is 24.5 Å². The predicted octanol–water partition coefficient (Wildman–Crippen LogP) is 6.90. The zero-order valence-electron chi connectivity index (χ0n) is 19.0. The molecule has 4 rings (SSSR count). The topological polar surface area (TPSA) is 96.0 Å². The van der Waals surface area contributed by atoms with Crippen LogP contribution in [0, 0.1) is 0 Å². The Morgan fingerprint density at radius 2 is 1.41 bits per heavy atom. The first kappa shape index (κ1) is 25.7. The first-order chi connectivity index (χ1) is 16.3. The highest BCUT2D eigenvalue weighted by Gasteiger charge is 2.21. The Hall–Kier alpha value is -2.91. The van der Waals surface area contributed by atoms with Crippen LogP contribution in [-0.2, 0) is 22.3 Å². The molecule has 2 aromatic heterocycles. The van der Waals surface area contributed by atoms with E-state index in [1.807, 2.05) is 19.9 Å². The van der Waals surface area contributed by atoms with E-state index in [2.05, 4.69) is 31.9 Å². The number of aldehydes is 1. The second-order valence-corrected chi connectivity index (χ2v) is 8.83. The van der Waals surface area contributed by atoms with Crippen LogP contribution in [0.2, 0.25) is 0 Å². The minimum absolute atomic E-state index is 0.190. The number of carbonyl (C=O) groups excluding carboxylic acids is 3. The van der Waals surface area contributed by atoms with Crippen molar-refractivity contribution in [2.75, 3.05) is 14.2 Å². The van der Waals surface area contributed by atoms with Crippen molar-refractivity contribution >= 4 is 72.0 Å². The Bertz CT molecular complexity index is 1380. The lowest BCUT2D eigenvalue weighted by Crippen LogP contribution is -2.06. The number of furan rings is 2. The van der Waals surface area contributed by atoms with Crippen LogP contribution in [0.25, 0.3) is 21.9 Å². The van der Waals surface area contributed by atoms with Crippen molar-refractivity contribution in [1.82, 2.24) is 0 Å². The van der Waals surface area contributed by atoms with Crippen molar-refractivity contribution in [3.8, 4) is 0 Å². The summed E-state index contributed by atoms with van der Waals surface area (Å²) in [6.45, 7) is 3.94. The maximum absolute atomic E-state index is 11.9. The maximum atomic E-state index is 11.9. The molecule has 0 N–H and O–H groups in total. The standard InChI is InChI=1S/C13H11BrO4.C12H11BrO3/c1-3-8-10(14)5-11-9(4-7(6-15)18-11)12(8)13(16)17-2;1-3-7-9(13)6-10-8(4-5-16-10)11(7)12(14)15-2/h4-6H,3H2,1-2H3;4-6H,3H2,1-2H3. The van der Waals surface area contributed by atoms with Crippen LogP contribution in [0.15, 0.2) is 48.3 Å². The van der Waals surface area contributed by atoms with Gasteiger partial charge in [-0.15, -0.1) is 0 Å². The molecule has 0 unspecified atom stereocenters. The molecule has 0 radical (unpaired) electrons. The predicted molar refractivity (Wildman–Crippen MR) is 135 cm³/mol. The van der Waals surface area contributed by atoms with Crippen molar-refractivity contribution in [3.63, 3.8) is 0 Å². The fourth-order valence-corrected chi connectivity index (χ4v) is 5.13. The summed E-state index contributed by atoms with van der Waals surface area (Å²) in [5.41, 5.74) is 3.99. The molecule has 0 atom stereocenters. The quantitative estimate of drug-likeness (QED) is 0.183. The number of ether oxygens (including phenoxy) is 2. The van der Waals surface area contributed by atoms with Crippen LogP contribution < -0.4 is 0 Å². The molecule has 0 saturated carbocycles. The van der Waals surface area contributed by atoms with Gasteiger partial charge in [-0.05, 0) is 48.2 Å². The lowest BCUT2D eigenvalue weighted by Gasteiger charge is -2.09. The third kappa shape index (κ3) is 4.81. The Balaban J connectivity index is 0.000000192. The van der Waals surface area contributed by atoms with Crippen LogP contribution in [0.3, 0.4) is 0 Å². The van der Waals surface area contributed by atoms with Gasteiger partial charge in [-0.25, -0.2) is 9.59 Å². The molecule has 0 fully saturated rings. The van der Waals surface area contributed by atoms with Gasteiger partial charge in [0.1, 0.15) is 11.2 Å². The largest absolute Gasteiger partial charge is 0.465 e. The molecule has 0 bridgehead atoms. The molecular formula is C25H22Br2O7. The van der Waals surface area contributed by atoms with Gasteiger partial charge in [0.05, 0.1) is 31.6 Å². The van der Waals surface area contributed by atoms with Gasteiger partial charge in [0.15, 0.2) is 12.0 Å². The van der Waals surface area contributed by atoms with Gasteiger partial charge in [-0.2, -0.15) is 0 Å². The average molecular weight is 594 g/mol. The molecule has 34 heavy (non-hydrogen) atoms. The van der Waals surface area contributed by atoms with Gasteiger partial charge in [0.25, 0.3) is 0 Å². The molecule has 4 aromatic rings. The summed E-state index contributed by atoms with van der Waals surface area (Å²) in [6, 6.07) is 6.97. The summed E-state index contributed by atoms with van der Waals surface area (Å²) in [4.78, 5) is 34.4. The summed E-state index contributed by atoms with van der Waals surface area (Å²) in [5.74, 6) is -0.573. The van der Waals surface area contributed by atoms with E-state index in [1.165, 1.54) is 14.2 Å². The third-order valence-corrected chi connectivity index (χ3v) is 6.73. The molecule has 178 valence electrons. The number of fused-ring (bicyclic) bond motifs is 2. The third-order valence-electron chi connectivity index (χ3n) is 5.31. The highest BCUT2D eigenvalue weighted by atomic mass is 79.9. The van der Waals surface area contributed by atoms with E-state index in [0.29, 0.717) is 40.4 Å². The number of esters is 2. The van der Waals surface area contributed by atoms with Gasteiger partial charge >= 0.3 is 11.9 Å². The van der Waals surface area contributed by atoms with Gasteiger partial charge in [-0.1, -0.05) is 45.7 Å². The van der Waals surface area contributed by atoms with Crippen LogP contribution in [0.1, 0.15) is 56.2 Å². The fourth-order valence-electron chi connectivity index (χ4n) is 3.75.